The van der Waals surface area contributed by atoms with E-state index in [9.17, 15) is 9.59 Å². The van der Waals surface area contributed by atoms with Gasteiger partial charge < -0.3 is 9.47 Å². The van der Waals surface area contributed by atoms with Gasteiger partial charge in [-0.1, -0.05) is 97.1 Å². The van der Waals surface area contributed by atoms with Gasteiger partial charge in [-0.2, -0.15) is 0 Å². The molecule has 5 nitrogen and oxygen atoms in total. The molecule has 0 fully saturated rings. The minimum atomic E-state index is -2.26. The first-order valence-corrected chi connectivity index (χ1v) is 13.7. The number of hydrogen-bond acceptors (Lipinski definition) is 4. The summed E-state index contributed by atoms with van der Waals surface area (Å²) in [5.74, 6) is -0.431. The fourth-order valence-corrected chi connectivity index (χ4v) is 8.14. The van der Waals surface area contributed by atoms with Crippen LogP contribution in [0.15, 0.2) is 84.9 Å². The van der Waals surface area contributed by atoms with Gasteiger partial charge in [-0.25, -0.2) is 9.59 Å². The second kappa shape index (κ2) is 9.00. The van der Waals surface area contributed by atoms with Crippen molar-refractivity contribution in [3.8, 4) is 0 Å². The molecular formula is C26H27NO4Si. The van der Waals surface area contributed by atoms with Gasteiger partial charge in [0.15, 0.2) is 0 Å². The van der Waals surface area contributed by atoms with Crippen LogP contribution < -0.4 is 10.1 Å². The number of carbonyl (C=O) groups excluding carboxylic acids is 2. The molecule has 0 radical (unpaired) electrons. The van der Waals surface area contributed by atoms with Gasteiger partial charge in [0.05, 0.1) is 20.9 Å². The number of amides is 1. The van der Waals surface area contributed by atoms with Gasteiger partial charge in [0.1, 0.15) is 12.6 Å². The Morgan fingerprint density at radius 1 is 0.875 bits per heavy atom. The highest BCUT2D eigenvalue weighted by Gasteiger charge is 2.54. The highest BCUT2D eigenvalue weighted by Crippen LogP contribution is 2.46. The van der Waals surface area contributed by atoms with E-state index in [4.69, 9.17) is 9.47 Å². The number of ether oxygens (including phenoxy) is 2. The third kappa shape index (κ3) is 3.94. The second-order valence-electron chi connectivity index (χ2n) is 8.50. The summed E-state index contributed by atoms with van der Waals surface area (Å²) in [7, 11) is -0.897. The van der Waals surface area contributed by atoms with Crippen molar-refractivity contribution in [3.05, 3.63) is 96.1 Å². The lowest BCUT2D eigenvalue weighted by Gasteiger charge is -2.35. The number of methoxy groups -OCH3 is 1. The van der Waals surface area contributed by atoms with Crippen LogP contribution in [-0.4, -0.2) is 33.3 Å². The van der Waals surface area contributed by atoms with Crippen LogP contribution >= 0.6 is 0 Å². The minimum absolute atomic E-state index is 0.135. The number of benzene rings is 3. The van der Waals surface area contributed by atoms with Gasteiger partial charge in [-0.05, 0) is 17.2 Å². The van der Waals surface area contributed by atoms with Gasteiger partial charge >= 0.3 is 12.1 Å². The van der Waals surface area contributed by atoms with Gasteiger partial charge in [-0.3, -0.25) is 4.90 Å². The van der Waals surface area contributed by atoms with Crippen LogP contribution in [0.25, 0.3) is 0 Å². The van der Waals surface area contributed by atoms with Crippen molar-refractivity contribution >= 4 is 31.0 Å². The van der Waals surface area contributed by atoms with Gasteiger partial charge in [0, 0.05) is 5.54 Å². The molecule has 1 amide bonds. The number of rotatable bonds is 5. The van der Waals surface area contributed by atoms with Crippen LogP contribution in [0.3, 0.4) is 0 Å². The third-order valence-corrected chi connectivity index (χ3v) is 10.3. The monoisotopic (exact) mass is 445 g/mol. The van der Waals surface area contributed by atoms with Crippen LogP contribution in [-0.2, 0) is 20.9 Å². The Hall–Kier alpha value is -3.38. The maximum atomic E-state index is 13.3. The zero-order chi connectivity index (χ0) is 22.7. The SMILES string of the molecule is COC(=O)[C@H]1[C@H]([Si](C)(C)c2ccccc2)c2ccccc2N1C(=O)OCc1ccccc1. The third-order valence-electron chi connectivity index (χ3n) is 6.27. The average molecular weight is 446 g/mol. The zero-order valence-electron chi connectivity index (χ0n) is 18.5. The van der Waals surface area contributed by atoms with Crippen LogP contribution in [0.2, 0.25) is 13.1 Å². The Balaban J connectivity index is 1.75. The number of esters is 1. The van der Waals surface area contributed by atoms with Crippen molar-refractivity contribution in [1.82, 2.24) is 0 Å². The first-order valence-electron chi connectivity index (χ1n) is 10.7. The normalized spacial score (nSPS) is 17.5. The molecule has 0 saturated heterocycles. The molecule has 0 spiro atoms. The Morgan fingerprint density at radius 2 is 1.47 bits per heavy atom. The van der Waals surface area contributed by atoms with E-state index in [0.29, 0.717) is 5.69 Å². The lowest BCUT2D eigenvalue weighted by Crippen LogP contribution is -2.56. The lowest BCUT2D eigenvalue weighted by atomic mass is 10.1. The minimum Gasteiger partial charge on any atom is -0.467 e. The molecule has 0 bridgehead atoms. The molecule has 1 aliphatic rings. The van der Waals surface area contributed by atoms with Crippen molar-refractivity contribution in [2.24, 2.45) is 0 Å². The van der Waals surface area contributed by atoms with E-state index < -0.39 is 26.2 Å². The van der Waals surface area contributed by atoms with Crippen LogP contribution in [0.5, 0.6) is 0 Å². The average Bonchev–Trinajstić information content (AvgIpc) is 3.19. The summed E-state index contributed by atoms with van der Waals surface area (Å²) in [5.41, 5.74) is 2.42. The molecule has 1 heterocycles. The van der Waals surface area contributed by atoms with E-state index in [2.05, 4.69) is 25.2 Å². The van der Waals surface area contributed by atoms with E-state index in [1.807, 2.05) is 72.8 Å². The standard InChI is InChI=1S/C26H27NO4Si/c1-30-25(28)23-24(32(2,3)20-14-8-5-9-15-20)21-16-10-11-17-22(21)27(23)26(29)31-18-19-12-6-4-7-13-19/h4-17,23-24H,18H2,1-3H3/t23-,24-/m1/s1. The molecule has 4 rings (SSSR count). The molecular weight excluding hydrogens is 418 g/mol. The molecule has 6 heteroatoms. The molecule has 32 heavy (non-hydrogen) atoms. The van der Waals surface area contributed by atoms with E-state index in [1.165, 1.54) is 17.2 Å². The molecule has 3 aromatic rings. The smallest absolute Gasteiger partial charge is 0.415 e. The molecule has 0 N–H and O–H groups in total. The number of hydrogen-bond donors (Lipinski definition) is 0. The van der Waals surface area contributed by atoms with Crippen molar-refractivity contribution in [2.75, 3.05) is 12.0 Å². The predicted molar refractivity (Wildman–Crippen MR) is 128 cm³/mol. The largest absolute Gasteiger partial charge is 0.467 e. The van der Waals surface area contributed by atoms with E-state index in [1.54, 1.807) is 0 Å². The van der Waals surface area contributed by atoms with Gasteiger partial charge in [-0.15, -0.1) is 0 Å². The van der Waals surface area contributed by atoms with Crippen molar-refractivity contribution < 1.29 is 19.1 Å². The number of para-hydroxylation sites is 1. The fourth-order valence-electron chi connectivity index (χ4n) is 4.63. The first-order chi connectivity index (χ1) is 15.4. The van der Waals surface area contributed by atoms with E-state index in [-0.39, 0.29) is 12.1 Å². The Morgan fingerprint density at radius 3 is 2.12 bits per heavy atom. The maximum Gasteiger partial charge on any atom is 0.415 e. The quantitative estimate of drug-likeness (QED) is 0.425. The molecule has 164 valence electrons. The van der Waals surface area contributed by atoms with Crippen LogP contribution in [0.4, 0.5) is 10.5 Å². The van der Waals surface area contributed by atoms with E-state index in [0.717, 1.165) is 11.1 Å². The Labute approximate surface area is 189 Å². The summed E-state index contributed by atoms with van der Waals surface area (Å²) >= 11 is 0. The molecule has 0 aromatic heterocycles. The molecule has 1 aliphatic heterocycles. The van der Waals surface area contributed by atoms with Gasteiger partial charge in [0.25, 0.3) is 0 Å². The molecule has 2 atom stereocenters. The molecule has 0 saturated carbocycles. The van der Waals surface area contributed by atoms with Crippen LogP contribution in [0, 0.1) is 0 Å². The molecule has 0 aliphatic carbocycles. The van der Waals surface area contributed by atoms with Crippen molar-refractivity contribution in [3.63, 3.8) is 0 Å². The number of fused-ring (bicyclic) bond motifs is 1. The lowest BCUT2D eigenvalue weighted by molar-refractivity contribution is -0.142. The summed E-state index contributed by atoms with van der Waals surface area (Å²) < 4.78 is 10.9. The fraction of sp³-hybridized carbons (Fsp3) is 0.231. The number of anilines is 1. The number of nitrogens with zero attached hydrogens (tertiary/aromatic N) is 1. The number of carbonyl (C=O) groups is 2. The zero-order valence-corrected chi connectivity index (χ0v) is 19.5. The van der Waals surface area contributed by atoms with Crippen LogP contribution in [0.1, 0.15) is 16.7 Å². The summed E-state index contributed by atoms with van der Waals surface area (Å²) in [4.78, 5) is 27.9. The predicted octanol–water partition coefficient (Wildman–Crippen LogP) is 4.62. The second-order valence-corrected chi connectivity index (χ2v) is 13.1. The Bertz CT molecular complexity index is 1100. The molecule has 3 aromatic carbocycles. The topological polar surface area (TPSA) is 55.8 Å². The van der Waals surface area contributed by atoms with E-state index >= 15 is 0 Å². The Kier molecular flexibility index (Phi) is 6.14. The van der Waals surface area contributed by atoms with Crippen molar-refractivity contribution in [2.45, 2.75) is 31.3 Å². The van der Waals surface area contributed by atoms with Crippen molar-refractivity contribution in [1.29, 1.82) is 0 Å². The maximum absolute atomic E-state index is 13.3. The summed E-state index contributed by atoms with van der Waals surface area (Å²) in [5, 5.41) is 1.22. The summed E-state index contributed by atoms with van der Waals surface area (Å²) in [6.07, 6.45) is -0.544. The summed E-state index contributed by atoms with van der Waals surface area (Å²) in [6.45, 7) is 4.60. The highest BCUT2D eigenvalue weighted by atomic mass is 28.3. The highest BCUT2D eigenvalue weighted by molar-refractivity contribution is 6.91. The summed E-state index contributed by atoms with van der Waals surface area (Å²) in [6, 6.07) is 26.7. The molecule has 0 unspecified atom stereocenters. The first kappa shape index (κ1) is 21.8. The van der Waals surface area contributed by atoms with Gasteiger partial charge in [0.2, 0.25) is 0 Å².